The zero-order valence-electron chi connectivity index (χ0n) is 10.0. The van der Waals surface area contributed by atoms with Crippen LogP contribution in [0.25, 0.3) is 0 Å². The Morgan fingerprint density at radius 1 is 1.39 bits per heavy atom. The van der Waals surface area contributed by atoms with Gasteiger partial charge in [0.1, 0.15) is 0 Å². The number of carbonyl (C=O) groups excluding carboxylic acids is 1. The molecule has 1 aromatic carbocycles. The van der Waals surface area contributed by atoms with Crippen LogP contribution in [0.4, 0.5) is 0 Å². The first kappa shape index (κ1) is 13.2. The lowest BCUT2D eigenvalue weighted by atomic mass is 10.1. The van der Waals surface area contributed by atoms with Crippen molar-refractivity contribution in [3.8, 4) is 0 Å². The molecule has 5 nitrogen and oxygen atoms in total. The fourth-order valence-electron chi connectivity index (χ4n) is 1.87. The van der Waals surface area contributed by atoms with Crippen LogP contribution in [0.1, 0.15) is 22.3 Å². The molecule has 6 heteroatoms. The molecule has 1 aliphatic heterocycles. The van der Waals surface area contributed by atoms with E-state index >= 15 is 0 Å². The van der Waals surface area contributed by atoms with Gasteiger partial charge < -0.3 is 5.32 Å². The summed E-state index contributed by atoms with van der Waals surface area (Å²) in [4.78, 5) is 11.9. The third kappa shape index (κ3) is 2.77. The average molecular weight is 269 g/mol. The van der Waals surface area contributed by atoms with E-state index in [1.165, 1.54) is 6.07 Å². The molecule has 1 heterocycles. The van der Waals surface area contributed by atoms with Gasteiger partial charge in [-0.15, -0.1) is 0 Å². The lowest BCUT2D eigenvalue weighted by Crippen LogP contribution is -2.26. The molecule has 1 atom stereocenters. The largest absolute Gasteiger partial charge is 0.336 e. The van der Waals surface area contributed by atoms with E-state index in [1.807, 2.05) is 0 Å². The van der Waals surface area contributed by atoms with Gasteiger partial charge in [-0.3, -0.25) is 8.98 Å². The number of nitrogens with one attached hydrogen (secondary N) is 1. The molecule has 1 aliphatic rings. The summed E-state index contributed by atoms with van der Waals surface area (Å²) in [5.74, 6) is 0. The standard InChI is InChI=1S/C12H15NO4S/c1-9-4-2-3-5-11(9)12(14)18(15,16)17-10-6-7-13-8-10/h2-5,10,13H,6-8H2,1H3. The molecule has 0 spiro atoms. The smallest absolute Gasteiger partial charge is 0.314 e. The molecule has 0 aromatic heterocycles. The van der Waals surface area contributed by atoms with Crippen molar-refractivity contribution in [2.45, 2.75) is 19.4 Å². The minimum atomic E-state index is -4.20. The second-order valence-corrected chi connectivity index (χ2v) is 5.74. The Kier molecular flexibility index (Phi) is 3.79. The molecule has 1 aromatic rings. The molecular weight excluding hydrogens is 254 g/mol. The summed E-state index contributed by atoms with van der Waals surface area (Å²) >= 11 is 0. The lowest BCUT2D eigenvalue weighted by molar-refractivity contribution is 0.104. The molecule has 1 fully saturated rings. The van der Waals surface area contributed by atoms with E-state index in [2.05, 4.69) is 5.32 Å². The van der Waals surface area contributed by atoms with Crippen LogP contribution >= 0.6 is 0 Å². The van der Waals surface area contributed by atoms with Gasteiger partial charge in [-0.05, 0) is 31.5 Å². The Bertz CT molecular complexity index is 547. The van der Waals surface area contributed by atoms with Gasteiger partial charge in [-0.1, -0.05) is 18.2 Å². The maximum Gasteiger partial charge on any atom is 0.336 e. The molecule has 1 saturated heterocycles. The average Bonchev–Trinajstić information content (AvgIpc) is 2.81. The Hall–Kier alpha value is -1.24. The van der Waals surface area contributed by atoms with E-state index in [-0.39, 0.29) is 5.56 Å². The molecule has 1 N–H and O–H groups in total. The minimum absolute atomic E-state index is 0.170. The molecule has 0 aliphatic carbocycles. The highest BCUT2D eigenvalue weighted by Gasteiger charge is 2.30. The number of hydrogen-bond acceptors (Lipinski definition) is 5. The molecule has 18 heavy (non-hydrogen) atoms. The van der Waals surface area contributed by atoms with Gasteiger partial charge in [0.15, 0.2) is 0 Å². The molecule has 0 bridgehead atoms. The molecular formula is C12H15NO4S. The zero-order valence-corrected chi connectivity index (χ0v) is 10.9. The first-order valence-corrected chi connectivity index (χ1v) is 7.15. The van der Waals surface area contributed by atoms with E-state index in [4.69, 9.17) is 4.18 Å². The van der Waals surface area contributed by atoms with Gasteiger partial charge in [0.05, 0.1) is 6.10 Å². The fraction of sp³-hybridized carbons (Fsp3) is 0.417. The highest BCUT2D eigenvalue weighted by atomic mass is 32.2. The maximum absolute atomic E-state index is 11.9. The molecule has 98 valence electrons. The van der Waals surface area contributed by atoms with Crippen LogP contribution in [0, 0.1) is 6.92 Å². The topological polar surface area (TPSA) is 72.5 Å². The van der Waals surface area contributed by atoms with Crippen molar-refractivity contribution < 1.29 is 17.4 Å². The summed E-state index contributed by atoms with van der Waals surface area (Å²) < 4.78 is 28.6. The normalized spacial score (nSPS) is 19.9. The summed E-state index contributed by atoms with van der Waals surface area (Å²) in [5, 5.41) is 2.02. The first-order valence-electron chi connectivity index (χ1n) is 5.74. The summed E-state index contributed by atoms with van der Waals surface area (Å²) in [6, 6.07) is 6.57. The van der Waals surface area contributed by atoms with Crippen molar-refractivity contribution in [3.05, 3.63) is 35.4 Å². The van der Waals surface area contributed by atoms with Gasteiger partial charge in [0.25, 0.3) is 0 Å². The number of benzene rings is 1. The van der Waals surface area contributed by atoms with Gasteiger partial charge in [0.2, 0.25) is 0 Å². The SMILES string of the molecule is Cc1ccccc1C(=O)S(=O)(=O)OC1CCNC1. The van der Waals surface area contributed by atoms with E-state index < -0.39 is 21.3 Å². The van der Waals surface area contributed by atoms with E-state index in [0.29, 0.717) is 25.1 Å². The minimum Gasteiger partial charge on any atom is -0.314 e. The van der Waals surface area contributed by atoms with Crippen LogP contribution in [0.15, 0.2) is 24.3 Å². The number of carbonyl (C=O) groups is 1. The Morgan fingerprint density at radius 2 is 2.11 bits per heavy atom. The van der Waals surface area contributed by atoms with Gasteiger partial charge in [-0.25, -0.2) is 0 Å². The highest BCUT2D eigenvalue weighted by Crippen LogP contribution is 2.15. The van der Waals surface area contributed by atoms with Crippen LogP contribution in [0.3, 0.4) is 0 Å². The predicted octanol–water partition coefficient (Wildman–Crippen LogP) is 0.844. The lowest BCUT2D eigenvalue weighted by Gasteiger charge is -2.10. The second kappa shape index (κ2) is 5.17. The van der Waals surface area contributed by atoms with E-state index in [9.17, 15) is 13.2 Å². The Labute approximate surface area is 106 Å². The molecule has 0 saturated carbocycles. The summed E-state index contributed by atoms with van der Waals surface area (Å²) in [7, 11) is -4.20. The second-order valence-electron chi connectivity index (χ2n) is 4.27. The van der Waals surface area contributed by atoms with Crippen molar-refractivity contribution in [1.82, 2.24) is 5.32 Å². The van der Waals surface area contributed by atoms with Gasteiger partial charge in [-0.2, -0.15) is 8.42 Å². The van der Waals surface area contributed by atoms with Crippen molar-refractivity contribution in [3.63, 3.8) is 0 Å². The van der Waals surface area contributed by atoms with Crippen molar-refractivity contribution >= 4 is 15.2 Å². The number of aryl methyl sites for hydroxylation is 1. The molecule has 2 rings (SSSR count). The van der Waals surface area contributed by atoms with Crippen LogP contribution in [0.2, 0.25) is 0 Å². The highest BCUT2D eigenvalue weighted by molar-refractivity contribution is 8.02. The summed E-state index contributed by atoms with van der Waals surface area (Å²) in [6.07, 6.45) is 0.156. The van der Waals surface area contributed by atoms with Crippen molar-refractivity contribution in [2.75, 3.05) is 13.1 Å². The van der Waals surface area contributed by atoms with Crippen LogP contribution < -0.4 is 5.32 Å². The Balaban J connectivity index is 2.19. The number of hydrogen-bond donors (Lipinski definition) is 1. The third-order valence-electron chi connectivity index (χ3n) is 2.87. The van der Waals surface area contributed by atoms with E-state index in [0.717, 1.165) is 0 Å². The fourth-order valence-corrected chi connectivity index (χ4v) is 2.98. The maximum atomic E-state index is 11.9. The van der Waals surface area contributed by atoms with Crippen molar-refractivity contribution in [1.29, 1.82) is 0 Å². The molecule has 0 amide bonds. The monoisotopic (exact) mass is 269 g/mol. The van der Waals surface area contributed by atoms with Gasteiger partial charge >= 0.3 is 15.2 Å². The zero-order chi connectivity index (χ0) is 13.2. The van der Waals surface area contributed by atoms with Crippen molar-refractivity contribution in [2.24, 2.45) is 0 Å². The first-order chi connectivity index (χ1) is 8.50. The van der Waals surface area contributed by atoms with Gasteiger partial charge in [0, 0.05) is 12.1 Å². The number of rotatable bonds is 3. The summed E-state index contributed by atoms with van der Waals surface area (Å²) in [6.45, 7) is 2.86. The van der Waals surface area contributed by atoms with Crippen LogP contribution in [-0.2, 0) is 14.3 Å². The van der Waals surface area contributed by atoms with Crippen LogP contribution in [-0.4, -0.2) is 32.7 Å². The molecule has 1 unspecified atom stereocenters. The third-order valence-corrected chi connectivity index (χ3v) is 4.07. The quantitative estimate of drug-likeness (QED) is 0.823. The molecule has 0 radical (unpaired) electrons. The van der Waals surface area contributed by atoms with Crippen LogP contribution in [0.5, 0.6) is 0 Å². The van der Waals surface area contributed by atoms with E-state index in [1.54, 1.807) is 25.1 Å². The predicted molar refractivity (Wildman–Crippen MR) is 66.8 cm³/mol. The summed E-state index contributed by atoms with van der Waals surface area (Å²) in [5.41, 5.74) is 0.794. The Morgan fingerprint density at radius 3 is 2.72 bits per heavy atom.